The van der Waals surface area contributed by atoms with E-state index in [2.05, 4.69) is 15.4 Å². The molecule has 0 spiro atoms. The minimum atomic E-state index is -0.287. The van der Waals surface area contributed by atoms with Gasteiger partial charge in [-0.2, -0.15) is 5.10 Å². The van der Waals surface area contributed by atoms with Crippen LogP contribution in [-0.4, -0.2) is 27.2 Å². The quantitative estimate of drug-likeness (QED) is 0.770. The Morgan fingerprint density at radius 2 is 2.00 bits per heavy atom. The summed E-state index contributed by atoms with van der Waals surface area (Å²) in [4.78, 5) is 16.9. The molecule has 6 heteroatoms. The Hall–Kier alpha value is -3.02. The Balaban J connectivity index is 1.52. The summed E-state index contributed by atoms with van der Waals surface area (Å²) in [6.07, 6.45) is 5.14. The maximum absolute atomic E-state index is 13.2. The number of pyridine rings is 1. The number of hydrogen-bond donors (Lipinski definition) is 1. The average molecular weight is 350 g/mol. The smallest absolute Gasteiger partial charge is 0.272 e. The van der Waals surface area contributed by atoms with Gasteiger partial charge in [0, 0.05) is 36.1 Å². The van der Waals surface area contributed by atoms with Crippen molar-refractivity contribution in [2.75, 3.05) is 6.54 Å². The van der Waals surface area contributed by atoms with Gasteiger partial charge in [-0.15, -0.1) is 0 Å². The zero-order valence-corrected chi connectivity index (χ0v) is 14.3. The molecule has 26 heavy (non-hydrogen) atoms. The second kappa shape index (κ2) is 7.07. The average Bonchev–Trinajstić information content (AvgIpc) is 3.26. The van der Waals surface area contributed by atoms with E-state index in [1.165, 1.54) is 12.1 Å². The number of carbonyl (C=O) groups is 1. The number of fused-ring (bicyclic) bond motifs is 1. The van der Waals surface area contributed by atoms with Gasteiger partial charge in [-0.25, -0.2) is 9.07 Å². The fraction of sp³-hybridized carbons (Fsp3) is 0.250. The molecule has 1 aromatic carbocycles. The third-order valence-corrected chi connectivity index (χ3v) is 4.61. The van der Waals surface area contributed by atoms with Crippen LogP contribution in [0.15, 0.2) is 48.7 Å². The Bertz CT molecular complexity index is 919. The molecule has 132 valence electrons. The van der Waals surface area contributed by atoms with Gasteiger partial charge in [-0.3, -0.25) is 9.78 Å². The fourth-order valence-corrected chi connectivity index (χ4v) is 3.35. The van der Waals surface area contributed by atoms with Crippen molar-refractivity contribution in [3.05, 3.63) is 77.1 Å². The topological polar surface area (TPSA) is 59.8 Å². The van der Waals surface area contributed by atoms with Gasteiger partial charge in [0.15, 0.2) is 5.69 Å². The lowest BCUT2D eigenvalue weighted by molar-refractivity contribution is 0.0947. The number of nitrogens with zero attached hydrogens (tertiary/aromatic N) is 3. The standard InChI is InChI=1S/C20H19FN4O/c21-14-7-9-16(10-8-14)25-18-6-3-5-17(18)19(24-25)20(26)23-13-11-15-4-1-2-12-22-15/h1-2,4,7-10,12H,3,5-6,11,13H2,(H,23,26). The molecule has 0 radical (unpaired) electrons. The Morgan fingerprint density at radius 3 is 2.77 bits per heavy atom. The summed E-state index contributed by atoms with van der Waals surface area (Å²) in [5.41, 5.74) is 4.24. The third kappa shape index (κ3) is 3.22. The lowest BCUT2D eigenvalue weighted by Crippen LogP contribution is -2.27. The van der Waals surface area contributed by atoms with E-state index in [0.717, 1.165) is 41.9 Å². The number of halogens is 1. The van der Waals surface area contributed by atoms with Crippen LogP contribution in [0.2, 0.25) is 0 Å². The van der Waals surface area contributed by atoms with E-state index < -0.39 is 0 Å². The second-order valence-electron chi connectivity index (χ2n) is 6.34. The second-order valence-corrected chi connectivity index (χ2v) is 6.34. The van der Waals surface area contributed by atoms with Gasteiger partial charge in [-0.1, -0.05) is 6.07 Å². The molecule has 0 saturated heterocycles. The molecule has 0 fully saturated rings. The largest absolute Gasteiger partial charge is 0.350 e. The summed E-state index contributed by atoms with van der Waals surface area (Å²) in [5.74, 6) is -0.454. The first-order valence-corrected chi connectivity index (χ1v) is 8.77. The van der Waals surface area contributed by atoms with Crippen LogP contribution >= 0.6 is 0 Å². The van der Waals surface area contributed by atoms with Crippen LogP contribution in [0.25, 0.3) is 5.69 Å². The molecule has 0 saturated carbocycles. The van der Waals surface area contributed by atoms with Crippen LogP contribution in [0.5, 0.6) is 0 Å². The number of benzene rings is 1. The zero-order valence-electron chi connectivity index (χ0n) is 14.3. The predicted octanol–water partition coefficient (Wildman–Crippen LogP) is 2.87. The van der Waals surface area contributed by atoms with E-state index >= 15 is 0 Å². The molecule has 0 unspecified atom stereocenters. The van der Waals surface area contributed by atoms with Gasteiger partial charge in [0.25, 0.3) is 5.91 Å². The zero-order chi connectivity index (χ0) is 17.9. The minimum absolute atomic E-state index is 0.167. The lowest BCUT2D eigenvalue weighted by atomic mass is 10.2. The van der Waals surface area contributed by atoms with Crippen LogP contribution in [0, 0.1) is 5.82 Å². The Labute approximate surface area is 150 Å². The summed E-state index contributed by atoms with van der Waals surface area (Å²) in [7, 11) is 0. The SMILES string of the molecule is O=C(NCCc1ccccn1)c1nn(-c2ccc(F)cc2)c2c1CCC2. The van der Waals surface area contributed by atoms with Crippen LogP contribution < -0.4 is 5.32 Å². The van der Waals surface area contributed by atoms with Gasteiger partial charge in [0.1, 0.15) is 5.82 Å². The summed E-state index contributed by atoms with van der Waals surface area (Å²) >= 11 is 0. The number of amides is 1. The van der Waals surface area contributed by atoms with Crippen molar-refractivity contribution >= 4 is 5.91 Å². The third-order valence-electron chi connectivity index (χ3n) is 4.61. The molecule has 1 aliphatic rings. The molecular formula is C20H19FN4O. The van der Waals surface area contributed by atoms with Gasteiger partial charge >= 0.3 is 0 Å². The van der Waals surface area contributed by atoms with Crippen molar-refractivity contribution in [1.29, 1.82) is 0 Å². The molecule has 2 heterocycles. The lowest BCUT2D eigenvalue weighted by Gasteiger charge is -2.05. The molecular weight excluding hydrogens is 331 g/mol. The van der Waals surface area contributed by atoms with Crippen molar-refractivity contribution < 1.29 is 9.18 Å². The van der Waals surface area contributed by atoms with Crippen molar-refractivity contribution in [3.8, 4) is 5.69 Å². The highest BCUT2D eigenvalue weighted by molar-refractivity contribution is 5.94. The van der Waals surface area contributed by atoms with Crippen LogP contribution in [0.1, 0.15) is 33.9 Å². The maximum atomic E-state index is 13.2. The van der Waals surface area contributed by atoms with Crippen LogP contribution in [0.3, 0.4) is 0 Å². The van der Waals surface area contributed by atoms with Crippen LogP contribution in [-0.2, 0) is 19.3 Å². The molecule has 0 aliphatic heterocycles. The Kier molecular flexibility index (Phi) is 4.48. The van der Waals surface area contributed by atoms with E-state index in [1.807, 2.05) is 18.2 Å². The molecule has 3 aromatic rings. The van der Waals surface area contributed by atoms with Gasteiger partial charge < -0.3 is 5.32 Å². The maximum Gasteiger partial charge on any atom is 0.272 e. The normalized spacial score (nSPS) is 12.8. The van der Waals surface area contributed by atoms with Crippen molar-refractivity contribution in [1.82, 2.24) is 20.1 Å². The molecule has 0 atom stereocenters. The summed E-state index contributed by atoms with van der Waals surface area (Å²) in [6, 6.07) is 11.9. The van der Waals surface area contributed by atoms with Crippen molar-refractivity contribution in [2.24, 2.45) is 0 Å². The number of rotatable bonds is 5. The first kappa shape index (κ1) is 16.4. The number of nitrogens with one attached hydrogen (secondary N) is 1. The molecule has 0 bridgehead atoms. The summed E-state index contributed by atoms with van der Waals surface area (Å²) < 4.78 is 15.0. The van der Waals surface area contributed by atoms with Gasteiger partial charge in [0.2, 0.25) is 0 Å². The van der Waals surface area contributed by atoms with Crippen molar-refractivity contribution in [2.45, 2.75) is 25.7 Å². The number of hydrogen-bond acceptors (Lipinski definition) is 3. The number of aromatic nitrogens is 3. The fourth-order valence-electron chi connectivity index (χ4n) is 3.35. The molecule has 1 aliphatic carbocycles. The summed E-state index contributed by atoms with van der Waals surface area (Å²) in [5, 5.41) is 7.46. The highest BCUT2D eigenvalue weighted by atomic mass is 19.1. The van der Waals surface area contributed by atoms with Crippen LogP contribution in [0.4, 0.5) is 4.39 Å². The van der Waals surface area contributed by atoms with Gasteiger partial charge in [0.05, 0.1) is 5.69 Å². The first-order chi connectivity index (χ1) is 12.7. The first-order valence-electron chi connectivity index (χ1n) is 8.77. The van der Waals surface area contributed by atoms with E-state index in [0.29, 0.717) is 18.7 Å². The van der Waals surface area contributed by atoms with Crippen molar-refractivity contribution in [3.63, 3.8) is 0 Å². The molecule has 2 aromatic heterocycles. The minimum Gasteiger partial charge on any atom is -0.350 e. The molecule has 5 nitrogen and oxygen atoms in total. The van der Waals surface area contributed by atoms with E-state index in [-0.39, 0.29) is 11.7 Å². The molecule has 4 rings (SSSR count). The van der Waals surface area contributed by atoms with E-state index in [4.69, 9.17) is 0 Å². The van der Waals surface area contributed by atoms with Gasteiger partial charge in [-0.05, 0) is 55.7 Å². The predicted molar refractivity (Wildman–Crippen MR) is 95.8 cm³/mol. The highest BCUT2D eigenvalue weighted by Crippen LogP contribution is 2.27. The number of carbonyl (C=O) groups excluding carboxylic acids is 1. The highest BCUT2D eigenvalue weighted by Gasteiger charge is 2.26. The van der Waals surface area contributed by atoms with E-state index in [1.54, 1.807) is 23.0 Å². The molecule has 1 amide bonds. The Morgan fingerprint density at radius 1 is 1.15 bits per heavy atom. The van der Waals surface area contributed by atoms with E-state index in [9.17, 15) is 9.18 Å². The summed E-state index contributed by atoms with van der Waals surface area (Å²) in [6.45, 7) is 0.508. The molecule has 1 N–H and O–H groups in total. The monoisotopic (exact) mass is 350 g/mol.